The highest BCUT2D eigenvalue weighted by Crippen LogP contribution is 2.14. The van der Waals surface area contributed by atoms with Crippen molar-refractivity contribution in [1.29, 1.82) is 0 Å². The van der Waals surface area contributed by atoms with E-state index in [0.717, 1.165) is 6.42 Å². The van der Waals surface area contributed by atoms with Gasteiger partial charge in [0.1, 0.15) is 0 Å². The minimum absolute atomic E-state index is 0.0182. The van der Waals surface area contributed by atoms with Crippen molar-refractivity contribution in [2.24, 2.45) is 0 Å². The molecule has 0 aliphatic heterocycles. The number of aliphatic hydroxyl groups is 2. The van der Waals surface area contributed by atoms with Crippen LogP contribution in [0, 0.1) is 0 Å². The lowest BCUT2D eigenvalue weighted by Crippen LogP contribution is -2.14. The van der Waals surface area contributed by atoms with Gasteiger partial charge in [-0.2, -0.15) is 0 Å². The summed E-state index contributed by atoms with van der Waals surface area (Å²) in [5, 5.41) is 18.0. The Morgan fingerprint density at radius 3 is 0.868 bits per heavy atom. The third-order valence-electron chi connectivity index (χ3n) is 7.66. The van der Waals surface area contributed by atoms with Gasteiger partial charge in [0, 0.05) is 0 Å². The van der Waals surface area contributed by atoms with Crippen LogP contribution in [-0.4, -0.2) is 29.7 Å². The summed E-state index contributed by atoms with van der Waals surface area (Å²) in [5.41, 5.74) is 0. The Balaban J connectivity index is 0. The lowest BCUT2D eigenvalue weighted by Gasteiger charge is -2.10. The van der Waals surface area contributed by atoms with Gasteiger partial charge in [0.25, 0.3) is 0 Å². The second-order valence-electron chi connectivity index (χ2n) is 11.7. The predicted molar refractivity (Wildman–Crippen MR) is 170 cm³/mol. The van der Waals surface area contributed by atoms with Gasteiger partial charge in [-0.15, -0.1) is 0 Å². The first-order valence-corrected chi connectivity index (χ1v) is 17.6. The molecule has 0 saturated heterocycles. The Morgan fingerprint density at radius 1 is 0.395 bits per heavy atom. The van der Waals surface area contributed by atoms with Crippen LogP contribution in [0.25, 0.3) is 0 Å². The first-order chi connectivity index (χ1) is 18.7. The topological polar surface area (TPSA) is 49.7 Å². The van der Waals surface area contributed by atoms with E-state index in [1.54, 1.807) is 0 Å². The van der Waals surface area contributed by atoms with Gasteiger partial charge in [0.15, 0.2) is 6.29 Å². The van der Waals surface area contributed by atoms with Crippen LogP contribution in [0.15, 0.2) is 0 Å². The summed E-state index contributed by atoms with van der Waals surface area (Å²) in [6, 6.07) is 0. The molecule has 0 heterocycles. The monoisotopic (exact) mass is 543 g/mol. The highest BCUT2D eigenvalue weighted by Gasteiger charge is 2.02. The van der Waals surface area contributed by atoms with E-state index >= 15 is 0 Å². The molecular formula is C35H74O3. The molecule has 2 N–H and O–H groups in total. The van der Waals surface area contributed by atoms with Gasteiger partial charge in [-0.05, 0) is 12.8 Å². The summed E-state index contributed by atoms with van der Waals surface area (Å²) in [7, 11) is 0. The Morgan fingerprint density at radius 2 is 0.632 bits per heavy atom. The minimum Gasteiger partial charge on any atom is -0.394 e. The molecule has 0 aromatic heterocycles. The molecule has 1 atom stereocenters. The Labute approximate surface area is 241 Å². The van der Waals surface area contributed by atoms with Crippen molar-refractivity contribution in [2.45, 2.75) is 213 Å². The SMILES string of the molecule is CCCCCCCCCCCCCCCC(O)OCCO.CCCCCCCCCCCCCCCCC. The molecule has 0 spiro atoms. The van der Waals surface area contributed by atoms with Crippen LogP contribution in [-0.2, 0) is 4.74 Å². The molecule has 38 heavy (non-hydrogen) atoms. The van der Waals surface area contributed by atoms with Crippen molar-refractivity contribution in [3.05, 3.63) is 0 Å². The molecule has 3 heteroatoms. The van der Waals surface area contributed by atoms with Crippen molar-refractivity contribution in [2.75, 3.05) is 13.2 Å². The van der Waals surface area contributed by atoms with Crippen LogP contribution in [0.2, 0.25) is 0 Å². The van der Waals surface area contributed by atoms with Crippen LogP contribution in [0.3, 0.4) is 0 Å². The predicted octanol–water partition coefficient (Wildman–Crippen LogP) is 11.7. The molecule has 0 aliphatic carbocycles. The highest BCUT2D eigenvalue weighted by atomic mass is 16.6. The normalized spacial score (nSPS) is 11.9. The summed E-state index contributed by atoms with van der Waals surface area (Å²) in [5.74, 6) is 0. The van der Waals surface area contributed by atoms with Crippen LogP contribution in [0.4, 0.5) is 0 Å². The van der Waals surface area contributed by atoms with E-state index in [-0.39, 0.29) is 13.2 Å². The zero-order chi connectivity index (χ0) is 28.2. The van der Waals surface area contributed by atoms with Gasteiger partial charge in [-0.3, -0.25) is 0 Å². The highest BCUT2D eigenvalue weighted by molar-refractivity contribution is 4.51. The first-order valence-electron chi connectivity index (χ1n) is 17.6. The number of rotatable bonds is 31. The van der Waals surface area contributed by atoms with E-state index in [1.807, 2.05) is 0 Å². The van der Waals surface area contributed by atoms with Gasteiger partial charge in [0.2, 0.25) is 0 Å². The van der Waals surface area contributed by atoms with Crippen molar-refractivity contribution >= 4 is 0 Å². The first kappa shape index (κ1) is 40.0. The standard InChI is InChI=1S/C18H38O3.C17H36/c1-2-3-4-5-6-7-8-9-10-11-12-13-14-15-18(20)21-17-16-19;1-3-5-7-9-11-13-15-17-16-14-12-10-8-6-4-2/h18-20H,2-17H2,1H3;3-17H2,1-2H3. The molecule has 0 aromatic carbocycles. The van der Waals surface area contributed by atoms with Gasteiger partial charge in [-0.25, -0.2) is 0 Å². The maximum Gasteiger partial charge on any atom is 0.154 e. The molecule has 0 rings (SSSR count). The van der Waals surface area contributed by atoms with E-state index in [4.69, 9.17) is 9.84 Å². The molecule has 0 aliphatic rings. The molecule has 0 fully saturated rings. The molecule has 232 valence electrons. The summed E-state index contributed by atoms with van der Waals surface area (Å²) < 4.78 is 5.00. The summed E-state index contributed by atoms with van der Waals surface area (Å²) >= 11 is 0. The van der Waals surface area contributed by atoms with Crippen molar-refractivity contribution in [1.82, 2.24) is 0 Å². The van der Waals surface area contributed by atoms with Gasteiger partial charge in [-0.1, -0.05) is 194 Å². The minimum atomic E-state index is -0.690. The third kappa shape index (κ3) is 40.4. The maximum absolute atomic E-state index is 9.42. The molecule has 1 unspecified atom stereocenters. The maximum atomic E-state index is 9.42. The lowest BCUT2D eigenvalue weighted by molar-refractivity contribution is -0.111. The zero-order valence-electron chi connectivity index (χ0n) is 26.8. The van der Waals surface area contributed by atoms with E-state index in [2.05, 4.69) is 20.8 Å². The zero-order valence-corrected chi connectivity index (χ0v) is 26.8. The number of hydrogen-bond donors (Lipinski definition) is 2. The molecule has 0 aromatic rings. The Hall–Kier alpha value is -0.120. The van der Waals surface area contributed by atoms with Gasteiger partial charge < -0.3 is 14.9 Å². The molecule has 0 bridgehead atoms. The molecule has 0 saturated carbocycles. The fourth-order valence-corrected chi connectivity index (χ4v) is 5.05. The lowest BCUT2D eigenvalue weighted by atomic mass is 10.0. The van der Waals surface area contributed by atoms with E-state index in [9.17, 15) is 5.11 Å². The number of unbranched alkanes of at least 4 members (excludes halogenated alkanes) is 26. The van der Waals surface area contributed by atoms with Gasteiger partial charge >= 0.3 is 0 Å². The smallest absolute Gasteiger partial charge is 0.154 e. The fourth-order valence-electron chi connectivity index (χ4n) is 5.05. The summed E-state index contributed by atoms with van der Waals surface area (Å²) in [6.45, 7) is 7.07. The average molecular weight is 543 g/mol. The second kappa shape index (κ2) is 39.0. The van der Waals surface area contributed by atoms with Gasteiger partial charge in [0.05, 0.1) is 13.2 Å². The van der Waals surface area contributed by atoms with Crippen LogP contribution >= 0.6 is 0 Å². The van der Waals surface area contributed by atoms with Crippen molar-refractivity contribution in [3.63, 3.8) is 0 Å². The van der Waals surface area contributed by atoms with Crippen LogP contribution in [0.1, 0.15) is 207 Å². The Bertz CT molecular complexity index is 360. The van der Waals surface area contributed by atoms with E-state index in [0.29, 0.717) is 6.42 Å². The molecule has 0 radical (unpaired) electrons. The summed E-state index contributed by atoms with van der Waals surface area (Å²) in [6.07, 6.45) is 39.3. The Kier molecular flexibility index (Phi) is 41.1. The molecular weight excluding hydrogens is 468 g/mol. The summed E-state index contributed by atoms with van der Waals surface area (Å²) in [4.78, 5) is 0. The quantitative estimate of drug-likeness (QED) is 0.0676. The average Bonchev–Trinajstić information content (AvgIpc) is 2.93. The third-order valence-corrected chi connectivity index (χ3v) is 7.66. The second-order valence-corrected chi connectivity index (χ2v) is 11.7. The number of aliphatic hydroxyl groups excluding tert-OH is 2. The van der Waals surface area contributed by atoms with E-state index in [1.165, 1.54) is 173 Å². The molecule has 3 nitrogen and oxygen atoms in total. The number of hydrogen-bond acceptors (Lipinski definition) is 3. The number of ether oxygens (including phenoxy) is 1. The van der Waals surface area contributed by atoms with Crippen molar-refractivity contribution in [3.8, 4) is 0 Å². The van der Waals surface area contributed by atoms with Crippen LogP contribution in [0.5, 0.6) is 0 Å². The van der Waals surface area contributed by atoms with Crippen LogP contribution < -0.4 is 0 Å². The van der Waals surface area contributed by atoms with Crippen molar-refractivity contribution < 1.29 is 14.9 Å². The van der Waals surface area contributed by atoms with E-state index < -0.39 is 6.29 Å². The fraction of sp³-hybridized carbons (Fsp3) is 1.00. The largest absolute Gasteiger partial charge is 0.394 e. The molecule has 0 amide bonds.